The molecule has 1 aliphatic rings. The van der Waals surface area contributed by atoms with Crippen molar-refractivity contribution >= 4 is 23.3 Å². The molecule has 0 N–H and O–H groups in total. The number of nitrogens with zero attached hydrogens (tertiary/aromatic N) is 2. The molecule has 6 nitrogen and oxygen atoms in total. The zero-order valence-corrected chi connectivity index (χ0v) is 14.7. The number of hydrogen-bond donors (Lipinski definition) is 0. The summed E-state index contributed by atoms with van der Waals surface area (Å²) in [5.74, 6) is 0.699. The molecule has 0 bridgehead atoms. The summed E-state index contributed by atoms with van der Waals surface area (Å²) in [6.45, 7) is 2.62. The normalized spacial score (nSPS) is 15.2. The number of amides is 1. The maximum atomic E-state index is 12.7. The number of Topliss-reactive ketones (excluding diaryl/α,β-unsaturated/α-hetero) is 1. The zero-order valence-electron chi connectivity index (χ0n) is 13.9. The molecule has 0 radical (unpaired) electrons. The molecule has 1 aromatic heterocycles. The van der Waals surface area contributed by atoms with Crippen LogP contribution in [0.25, 0.3) is 0 Å². The fraction of sp³-hybridized carbons (Fsp3) is 0.333. The van der Waals surface area contributed by atoms with Gasteiger partial charge in [0.2, 0.25) is 5.78 Å². The van der Waals surface area contributed by atoms with Crippen molar-refractivity contribution in [2.45, 2.75) is 0 Å². The van der Waals surface area contributed by atoms with E-state index in [0.717, 1.165) is 0 Å². The zero-order chi connectivity index (χ0) is 17.8. The van der Waals surface area contributed by atoms with Gasteiger partial charge in [-0.15, -0.1) is 0 Å². The summed E-state index contributed by atoms with van der Waals surface area (Å²) in [5, 5.41) is 0.492. The number of piperazine rings is 1. The minimum Gasteiger partial charge on any atom is -0.496 e. The van der Waals surface area contributed by atoms with Crippen LogP contribution in [0, 0.1) is 0 Å². The largest absolute Gasteiger partial charge is 0.496 e. The van der Waals surface area contributed by atoms with Gasteiger partial charge in [0.1, 0.15) is 5.75 Å². The van der Waals surface area contributed by atoms with E-state index in [0.29, 0.717) is 48.3 Å². The predicted molar refractivity (Wildman–Crippen MR) is 93.4 cm³/mol. The molecule has 2 heterocycles. The number of benzene rings is 1. The number of carbonyl (C=O) groups is 2. The topological polar surface area (TPSA) is 63.0 Å². The molecule has 25 heavy (non-hydrogen) atoms. The van der Waals surface area contributed by atoms with Crippen molar-refractivity contribution in [3.05, 3.63) is 52.9 Å². The number of methoxy groups -OCH3 is 1. The third-order valence-electron chi connectivity index (χ3n) is 4.21. The first kappa shape index (κ1) is 17.5. The molecule has 1 aliphatic heterocycles. The second-order valence-corrected chi connectivity index (χ2v) is 6.25. The summed E-state index contributed by atoms with van der Waals surface area (Å²) in [4.78, 5) is 28.6. The van der Waals surface area contributed by atoms with Gasteiger partial charge in [-0.05, 0) is 30.3 Å². The number of rotatable bonds is 5. The van der Waals surface area contributed by atoms with Gasteiger partial charge in [0.15, 0.2) is 5.76 Å². The van der Waals surface area contributed by atoms with Gasteiger partial charge < -0.3 is 14.1 Å². The Morgan fingerprint density at radius 1 is 1.20 bits per heavy atom. The molecule has 1 fully saturated rings. The summed E-state index contributed by atoms with van der Waals surface area (Å²) in [6.07, 6.45) is 1.49. The van der Waals surface area contributed by atoms with Crippen molar-refractivity contribution < 1.29 is 18.7 Å². The summed E-state index contributed by atoms with van der Waals surface area (Å²) < 4.78 is 10.4. The highest BCUT2D eigenvalue weighted by Crippen LogP contribution is 2.24. The van der Waals surface area contributed by atoms with Crippen LogP contribution in [0.15, 0.2) is 41.0 Å². The smallest absolute Gasteiger partial charge is 0.257 e. The van der Waals surface area contributed by atoms with Gasteiger partial charge in [0.25, 0.3) is 5.91 Å². The number of carbonyl (C=O) groups excluding carboxylic acids is 2. The first-order chi connectivity index (χ1) is 12.1. The lowest BCUT2D eigenvalue weighted by Gasteiger charge is -2.34. The molecule has 7 heteroatoms. The molecule has 1 aromatic carbocycles. The first-order valence-electron chi connectivity index (χ1n) is 8.00. The molecule has 0 saturated carbocycles. The van der Waals surface area contributed by atoms with Crippen molar-refractivity contribution in [1.82, 2.24) is 9.80 Å². The predicted octanol–water partition coefficient (Wildman–Crippen LogP) is 2.58. The SMILES string of the molecule is COc1ccc(Cl)cc1C(=O)N1CCN(CC(=O)c2ccco2)CC1. The lowest BCUT2D eigenvalue weighted by atomic mass is 10.1. The molecular weight excluding hydrogens is 344 g/mol. The molecule has 2 aromatic rings. The highest BCUT2D eigenvalue weighted by atomic mass is 35.5. The van der Waals surface area contributed by atoms with E-state index in [-0.39, 0.29) is 18.2 Å². The minimum atomic E-state index is -0.114. The average Bonchev–Trinajstić information content (AvgIpc) is 3.16. The molecule has 1 amide bonds. The molecular formula is C18H19ClN2O4. The van der Waals surface area contributed by atoms with Crippen LogP contribution in [-0.2, 0) is 0 Å². The number of hydrogen-bond acceptors (Lipinski definition) is 5. The summed E-state index contributed by atoms with van der Waals surface area (Å²) in [6, 6.07) is 8.36. The van der Waals surface area contributed by atoms with E-state index < -0.39 is 0 Å². The molecule has 0 aliphatic carbocycles. The van der Waals surface area contributed by atoms with E-state index in [1.807, 2.05) is 4.90 Å². The average molecular weight is 363 g/mol. The van der Waals surface area contributed by atoms with Gasteiger partial charge in [-0.2, -0.15) is 0 Å². The quantitative estimate of drug-likeness (QED) is 0.765. The van der Waals surface area contributed by atoms with Crippen LogP contribution in [0.2, 0.25) is 5.02 Å². The molecule has 1 saturated heterocycles. The van der Waals surface area contributed by atoms with Gasteiger partial charge in [-0.25, -0.2) is 0 Å². The highest BCUT2D eigenvalue weighted by Gasteiger charge is 2.26. The van der Waals surface area contributed by atoms with Crippen molar-refractivity contribution in [1.29, 1.82) is 0 Å². The second kappa shape index (κ2) is 7.72. The Bertz CT molecular complexity index is 752. The van der Waals surface area contributed by atoms with Crippen LogP contribution < -0.4 is 4.74 Å². The van der Waals surface area contributed by atoms with Crippen molar-refractivity contribution in [2.24, 2.45) is 0 Å². The maximum Gasteiger partial charge on any atom is 0.257 e. The fourth-order valence-corrected chi connectivity index (χ4v) is 3.02. The Labute approximate surface area is 150 Å². The van der Waals surface area contributed by atoms with Gasteiger partial charge in [-0.1, -0.05) is 11.6 Å². The molecule has 0 spiro atoms. The maximum absolute atomic E-state index is 12.7. The van der Waals surface area contributed by atoms with E-state index in [2.05, 4.69) is 0 Å². The Morgan fingerprint density at radius 2 is 1.96 bits per heavy atom. The number of ether oxygens (including phenoxy) is 1. The third-order valence-corrected chi connectivity index (χ3v) is 4.45. The summed E-state index contributed by atoms with van der Waals surface area (Å²) in [7, 11) is 1.53. The van der Waals surface area contributed by atoms with Crippen LogP contribution in [0.1, 0.15) is 20.9 Å². The number of furan rings is 1. The lowest BCUT2D eigenvalue weighted by Crippen LogP contribution is -2.49. The van der Waals surface area contributed by atoms with Crippen LogP contribution in [0.5, 0.6) is 5.75 Å². The van der Waals surface area contributed by atoms with Crippen molar-refractivity contribution in [3.8, 4) is 5.75 Å². The van der Waals surface area contributed by atoms with Crippen molar-refractivity contribution in [3.63, 3.8) is 0 Å². The van der Waals surface area contributed by atoms with Crippen molar-refractivity contribution in [2.75, 3.05) is 39.8 Å². The molecule has 132 valence electrons. The van der Waals surface area contributed by atoms with Gasteiger partial charge in [-0.3, -0.25) is 14.5 Å². The van der Waals surface area contributed by atoms with Crippen LogP contribution in [-0.4, -0.2) is 61.3 Å². The Kier molecular flexibility index (Phi) is 5.40. The molecule has 3 rings (SSSR count). The van der Waals surface area contributed by atoms with Gasteiger partial charge in [0, 0.05) is 31.2 Å². The van der Waals surface area contributed by atoms with Crippen LogP contribution >= 0.6 is 11.6 Å². The van der Waals surface area contributed by atoms with Gasteiger partial charge >= 0.3 is 0 Å². The standard InChI is InChI=1S/C18H19ClN2O4/c1-24-16-5-4-13(19)11-14(16)18(23)21-8-6-20(7-9-21)12-15(22)17-3-2-10-25-17/h2-5,10-11H,6-9,12H2,1H3. The van der Waals surface area contributed by atoms with E-state index in [9.17, 15) is 9.59 Å². The molecule has 0 atom stereocenters. The van der Waals surface area contributed by atoms with E-state index in [4.69, 9.17) is 20.8 Å². The number of halogens is 1. The summed E-state index contributed by atoms with van der Waals surface area (Å²) >= 11 is 6.01. The Hall–Kier alpha value is -2.31. The fourth-order valence-electron chi connectivity index (χ4n) is 2.84. The number of ketones is 1. The summed E-state index contributed by atoms with van der Waals surface area (Å²) in [5.41, 5.74) is 0.454. The van der Waals surface area contributed by atoms with E-state index >= 15 is 0 Å². The van der Waals surface area contributed by atoms with E-state index in [1.165, 1.54) is 13.4 Å². The van der Waals surface area contributed by atoms with Crippen LogP contribution in [0.4, 0.5) is 0 Å². The lowest BCUT2D eigenvalue weighted by molar-refractivity contribution is 0.0617. The highest BCUT2D eigenvalue weighted by molar-refractivity contribution is 6.31. The third kappa shape index (κ3) is 4.03. The first-order valence-corrected chi connectivity index (χ1v) is 8.38. The Morgan fingerprint density at radius 3 is 2.60 bits per heavy atom. The Balaban J connectivity index is 1.59. The molecule has 0 unspecified atom stereocenters. The van der Waals surface area contributed by atoms with Crippen LogP contribution in [0.3, 0.4) is 0 Å². The minimum absolute atomic E-state index is 0.0544. The van der Waals surface area contributed by atoms with E-state index in [1.54, 1.807) is 35.2 Å². The monoisotopic (exact) mass is 362 g/mol. The second-order valence-electron chi connectivity index (χ2n) is 5.81. The van der Waals surface area contributed by atoms with Gasteiger partial charge in [0.05, 0.1) is 25.5 Å².